The number of nitrogens with one attached hydrogen (secondary N) is 1. The molecule has 0 saturated heterocycles. The van der Waals surface area contributed by atoms with Crippen molar-refractivity contribution >= 4 is 22.6 Å². The third kappa shape index (κ3) is 2.07. The van der Waals surface area contributed by atoms with Gasteiger partial charge in [-0.25, -0.2) is 0 Å². The predicted molar refractivity (Wildman–Crippen MR) is 70.8 cm³/mol. The molecule has 1 heterocycles. The van der Waals surface area contributed by atoms with Gasteiger partial charge in [-0.15, -0.1) is 0 Å². The van der Waals surface area contributed by atoms with Crippen LogP contribution in [0.15, 0.2) is 30.3 Å². The third-order valence-corrected chi connectivity index (χ3v) is 3.45. The van der Waals surface area contributed by atoms with E-state index in [9.17, 15) is 0 Å². The minimum absolute atomic E-state index is 0.488. The molecule has 0 aliphatic carbocycles. The number of hydrogen-bond acceptors (Lipinski definition) is 1. The Balaban J connectivity index is 2.47. The lowest BCUT2D eigenvalue weighted by Gasteiger charge is -2.01. The second-order valence-corrected chi connectivity index (χ2v) is 4.90. The molecule has 0 aliphatic heterocycles. The lowest BCUT2D eigenvalue weighted by molar-refractivity contribution is 0.806. The second kappa shape index (κ2) is 4.35. The molecule has 0 fully saturated rings. The van der Waals surface area contributed by atoms with E-state index in [2.05, 4.69) is 58.8 Å². The van der Waals surface area contributed by atoms with Gasteiger partial charge < -0.3 is 0 Å². The summed E-state index contributed by atoms with van der Waals surface area (Å²) < 4.78 is 1.23. The lowest BCUT2D eigenvalue weighted by Crippen LogP contribution is -1.89. The number of benzene rings is 1. The first-order valence-corrected chi connectivity index (χ1v) is 6.07. The third-order valence-electron chi connectivity index (χ3n) is 2.36. The summed E-state index contributed by atoms with van der Waals surface area (Å²) >= 11 is 2.36. The van der Waals surface area contributed by atoms with Crippen LogP contribution < -0.4 is 0 Å². The predicted octanol–water partition coefficient (Wildman–Crippen LogP) is 3.80. The molecule has 1 aromatic heterocycles. The Morgan fingerprint density at radius 1 is 1.20 bits per heavy atom. The average molecular weight is 312 g/mol. The summed E-state index contributed by atoms with van der Waals surface area (Å²) in [5.41, 5.74) is 3.44. The number of rotatable bonds is 2. The van der Waals surface area contributed by atoms with E-state index in [0.717, 1.165) is 5.69 Å². The molecule has 1 aromatic carbocycles. The molecule has 0 bridgehead atoms. The molecule has 0 unspecified atom stereocenters. The molecule has 0 amide bonds. The molecule has 78 valence electrons. The van der Waals surface area contributed by atoms with Crippen LogP contribution in [-0.4, -0.2) is 10.2 Å². The van der Waals surface area contributed by atoms with Gasteiger partial charge in [-0.2, -0.15) is 5.10 Å². The maximum atomic E-state index is 4.37. The van der Waals surface area contributed by atoms with Crippen LogP contribution in [0.2, 0.25) is 0 Å². The summed E-state index contributed by atoms with van der Waals surface area (Å²) in [4.78, 5) is 0. The zero-order chi connectivity index (χ0) is 10.8. The molecule has 2 rings (SSSR count). The van der Waals surface area contributed by atoms with E-state index in [-0.39, 0.29) is 0 Å². The number of halogens is 1. The van der Waals surface area contributed by atoms with Gasteiger partial charge in [0.1, 0.15) is 5.69 Å². The summed E-state index contributed by atoms with van der Waals surface area (Å²) in [7, 11) is 0. The number of aromatic nitrogens is 2. The molecule has 2 aromatic rings. The van der Waals surface area contributed by atoms with Crippen LogP contribution in [0.1, 0.15) is 25.5 Å². The highest BCUT2D eigenvalue weighted by Gasteiger charge is 2.13. The van der Waals surface area contributed by atoms with Gasteiger partial charge >= 0.3 is 0 Å². The van der Waals surface area contributed by atoms with E-state index < -0.39 is 0 Å². The first-order valence-electron chi connectivity index (χ1n) is 4.99. The zero-order valence-corrected chi connectivity index (χ0v) is 10.9. The summed E-state index contributed by atoms with van der Waals surface area (Å²) in [5.74, 6) is 0.488. The molecule has 3 heteroatoms. The number of H-pyrrole nitrogens is 1. The van der Waals surface area contributed by atoms with Crippen LogP contribution in [0.5, 0.6) is 0 Å². The van der Waals surface area contributed by atoms with Gasteiger partial charge in [-0.05, 0) is 28.5 Å². The fourth-order valence-electron chi connectivity index (χ4n) is 1.51. The first-order chi connectivity index (χ1) is 7.20. The van der Waals surface area contributed by atoms with E-state index in [1.165, 1.54) is 14.8 Å². The van der Waals surface area contributed by atoms with Crippen molar-refractivity contribution in [1.82, 2.24) is 10.2 Å². The maximum Gasteiger partial charge on any atom is 0.106 e. The fraction of sp³-hybridized carbons (Fsp3) is 0.250. The lowest BCUT2D eigenvalue weighted by atomic mass is 10.1. The van der Waals surface area contributed by atoms with Crippen molar-refractivity contribution in [3.63, 3.8) is 0 Å². The molecule has 2 nitrogen and oxygen atoms in total. The van der Waals surface area contributed by atoms with Crippen molar-refractivity contribution in [3.05, 3.63) is 39.6 Å². The smallest absolute Gasteiger partial charge is 0.106 e. The van der Waals surface area contributed by atoms with Gasteiger partial charge in [0.25, 0.3) is 0 Å². The van der Waals surface area contributed by atoms with Crippen LogP contribution in [0.25, 0.3) is 11.3 Å². The van der Waals surface area contributed by atoms with Gasteiger partial charge in [0.15, 0.2) is 0 Å². The SMILES string of the molecule is CC(C)c1[nH]nc(-c2ccccc2)c1I. The van der Waals surface area contributed by atoms with E-state index in [1.807, 2.05) is 18.2 Å². The maximum absolute atomic E-state index is 4.37. The molecular weight excluding hydrogens is 299 g/mol. The Kier molecular flexibility index (Phi) is 3.09. The van der Waals surface area contributed by atoms with Crippen LogP contribution >= 0.6 is 22.6 Å². The van der Waals surface area contributed by atoms with Crippen LogP contribution in [0.3, 0.4) is 0 Å². The van der Waals surface area contributed by atoms with Crippen molar-refractivity contribution < 1.29 is 0 Å². The molecule has 0 aliphatic rings. The van der Waals surface area contributed by atoms with E-state index in [1.54, 1.807) is 0 Å². The van der Waals surface area contributed by atoms with Gasteiger partial charge in [-0.3, -0.25) is 5.10 Å². The van der Waals surface area contributed by atoms with Crippen LogP contribution in [0, 0.1) is 3.57 Å². The highest BCUT2D eigenvalue weighted by molar-refractivity contribution is 14.1. The largest absolute Gasteiger partial charge is 0.281 e. The average Bonchev–Trinajstić information content (AvgIpc) is 2.61. The van der Waals surface area contributed by atoms with Crippen LogP contribution in [0.4, 0.5) is 0 Å². The molecule has 15 heavy (non-hydrogen) atoms. The Morgan fingerprint density at radius 3 is 2.40 bits per heavy atom. The number of aromatic amines is 1. The molecule has 1 N–H and O–H groups in total. The van der Waals surface area contributed by atoms with E-state index in [0.29, 0.717) is 5.92 Å². The number of hydrogen-bond donors (Lipinski definition) is 1. The zero-order valence-electron chi connectivity index (χ0n) is 8.79. The molecular formula is C12H13IN2. The second-order valence-electron chi connectivity index (χ2n) is 3.82. The monoisotopic (exact) mass is 312 g/mol. The fourth-order valence-corrected chi connectivity index (χ4v) is 2.69. The molecule has 0 spiro atoms. The van der Waals surface area contributed by atoms with Gasteiger partial charge in [0, 0.05) is 5.56 Å². The van der Waals surface area contributed by atoms with Crippen molar-refractivity contribution in [2.45, 2.75) is 19.8 Å². The summed E-state index contributed by atoms with van der Waals surface area (Å²) in [5, 5.41) is 7.49. The van der Waals surface area contributed by atoms with E-state index in [4.69, 9.17) is 0 Å². The minimum atomic E-state index is 0.488. The van der Waals surface area contributed by atoms with Crippen molar-refractivity contribution in [2.24, 2.45) is 0 Å². The molecule has 0 atom stereocenters. The summed E-state index contributed by atoms with van der Waals surface area (Å²) in [6.45, 7) is 4.34. The van der Waals surface area contributed by atoms with Crippen molar-refractivity contribution in [3.8, 4) is 11.3 Å². The standard InChI is InChI=1S/C12H13IN2/c1-8(2)11-10(13)12(15-14-11)9-6-4-3-5-7-9/h3-8H,1-2H3,(H,14,15). The normalized spacial score (nSPS) is 10.9. The summed E-state index contributed by atoms with van der Waals surface area (Å²) in [6.07, 6.45) is 0. The van der Waals surface area contributed by atoms with Crippen molar-refractivity contribution in [2.75, 3.05) is 0 Å². The highest BCUT2D eigenvalue weighted by Crippen LogP contribution is 2.28. The minimum Gasteiger partial charge on any atom is -0.281 e. The topological polar surface area (TPSA) is 28.7 Å². The Hall–Kier alpha value is -0.840. The van der Waals surface area contributed by atoms with Crippen LogP contribution in [-0.2, 0) is 0 Å². The quantitative estimate of drug-likeness (QED) is 0.840. The van der Waals surface area contributed by atoms with Gasteiger partial charge in [0.05, 0.1) is 9.26 Å². The Morgan fingerprint density at radius 2 is 1.87 bits per heavy atom. The van der Waals surface area contributed by atoms with Gasteiger partial charge in [-0.1, -0.05) is 44.2 Å². The van der Waals surface area contributed by atoms with Gasteiger partial charge in [0.2, 0.25) is 0 Å². The molecule has 0 saturated carbocycles. The Labute approximate surface area is 103 Å². The van der Waals surface area contributed by atoms with E-state index >= 15 is 0 Å². The first kappa shape index (κ1) is 10.7. The number of nitrogens with zero attached hydrogens (tertiary/aromatic N) is 1. The summed E-state index contributed by atoms with van der Waals surface area (Å²) in [6, 6.07) is 10.3. The Bertz CT molecular complexity index is 446. The highest BCUT2D eigenvalue weighted by atomic mass is 127. The van der Waals surface area contributed by atoms with Crippen molar-refractivity contribution in [1.29, 1.82) is 0 Å². The molecule has 0 radical (unpaired) electrons.